The first-order chi connectivity index (χ1) is 9.51. The minimum atomic E-state index is 0.326. The van der Waals surface area contributed by atoms with E-state index in [1.165, 1.54) is 0 Å². The maximum absolute atomic E-state index is 6.25. The van der Waals surface area contributed by atoms with Gasteiger partial charge in [-0.2, -0.15) is 0 Å². The molecule has 20 heavy (non-hydrogen) atoms. The summed E-state index contributed by atoms with van der Waals surface area (Å²) >= 11 is 6.25. The van der Waals surface area contributed by atoms with E-state index in [0.717, 1.165) is 21.9 Å². The van der Waals surface area contributed by atoms with Crippen molar-refractivity contribution < 1.29 is 4.74 Å². The lowest BCUT2D eigenvalue weighted by Crippen LogP contribution is -2.02. The van der Waals surface area contributed by atoms with E-state index in [4.69, 9.17) is 22.1 Å². The molecular formula is C15H18ClN3O. The van der Waals surface area contributed by atoms with Gasteiger partial charge in [-0.05, 0) is 36.1 Å². The molecule has 0 aliphatic heterocycles. The molecule has 0 saturated carbocycles. The lowest BCUT2D eigenvalue weighted by Gasteiger charge is -2.14. The molecule has 1 aromatic heterocycles. The average molecular weight is 292 g/mol. The van der Waals surface area contributed by atoms with Gasteiger partial charge in [0.15, 0.2) is 0 Å². The van der Waals surface area contributed by atoms with Gasteiger partial charge in [0.1, 0.15) is 5.75 Å². The fourth-order valence-electron chi connectivity index (χ4n) is 1.87. The van der Waals surface area contributed by atoms with Crippen LogP contribution in [0.15, 0.2) is 24.5 Å². The van der Waals surface area contributed by atoms with Crippen LogP contribution in [0.4, 0.5) is 0 Å². The predicted molar refractivity (Wildman–Crippen MR) is 80.3 cm³/mol. The Balaban J connectivity index is 2.35. The Morgan fingerprint density at radius 3 is 2.70 bits per heavy atom. The number of benzene rings is 1. The van der Waals surface area contributed by atoms with Crippen molar-refractivity contribution in [3.8, 4) is 11.6 Å². The highest BCUT2D eigenvalue weighted by Crippen LogP contribution is 2.33. The maximum Gasteiger partial charge on any atom is 0.238 e. The van der Waals surface area contributed by atoms with Gasteiger partial charge in [0.2, 0.25) is 5.88 Å². The Bertz CT molecular complexity index is 614. The van der Waals surface area contributed by atoms with Gasteiger partial charge in [0.25, 0.3) is 0 Å². The number of nitrogens with two attached hydrogens (primary N) is 1. The average Bonchev–Trinajstić information content (AvgIpc) is 2.41. The van der Waals surface area contributed by atoms with Crippen molar-refractivity contribution in [2.75, 3.05) is 0 Å². The summed E-state index contributed by atoms with van der Waals surface area (Å²) in [5.41, 5.74) is 8.25. The molecule has 0 unspecified atom stereocenters. The minimum absolute atomic E-state index is 0.326. The van der Waals surface area contributed by atoms with E-state index in [0.29, 0.717) is 24.0 Å². The molecule has 2 N–H and O–H groups in total. The van der Waals surface area contributed by atoms with Crippen LogP contribution in [0.25, 0.3) is 0 Å². The van der Waals surface area contributed by atoms with Crippen molar-refractivity contribution >= 4 is 11.6 Å². The van der Waals surface area contributed by atoms with E-state index in [1.807, 2.05) is 19.1 Å². The molecule has 0 aliphatic rings. The first kappa shape index (κ1) is 14.8. The Labute approximate surface area is 124 Å². The van der Waals surface area contributed by atoms with Crippen LogP contribution >= 0.6 is 11.6 Å². The zero-order valence-corrected chi connectivity index (χ0v) is 12.6. The second-order valence-electron chi connectivity index (χ2n) is 4.95. The van der Waals surface area contributed by atoms with Crippen LogP contribution in [-0.2, 0) is 6.54 Å². The fraction of sp³-hybridized carbons (Fsp3) is 0.333. The van der Waals surface area contributed by atoms with Crippen LogP contribution in [0.3, 0.4) is 0 Å². The Hall–Kier alpha value is -1.65. The fourth-order valence-corrected chi connectivity index (χ4v) is 2.30. The topological polar surface area (TPSA) is 61.0 Å². The molecule has 106 valence electrons. The summed E-state index contributed by atoms with van der Waals surface area (Å²) in [6, 6.07) is 3.87. The highest BCUT2D eigenvalue weighted by Gasteiger charge is 2.11. The second-order valence-corrected chi connectivity index (χ2v) is 5.36. The standard InChI is InChI=1S/C15H18ClN3O/c1-9(2)12-5-14(10(3)4-13(12)16)20-15-8-18-7-11(6-17)19-15/h4-5,7-9H,6,17H2,1-3H3. The van der Waals surface area contributed by atoms with Crippen molar-refractivity contribution in [2.24, 2.45) is 5.73 Å². The van der Waals surface area contributed by atoms with E-state index in [2.05, 4.69) is 23.8 Å². The SMILES string of the molecule is Cc1cc(Cl)c(C(C)C)cc1Oc1cncc(CN)n1. The molecule has 0 aliphatic carbocycles. The number of nitrogens with zero attached hydrogens (tertiary/aromatic N) is 2. The maximum atomic E-state index is 6.25. The molecular weight excluding hydrogens is 274 g/mol. The lowest BCUT2D eigenvalue weighted by molar-refractivity contribution is 0.453. The Morgan fingerprint density at radius 2 is 2.05 bits per heavy atom. The molecule has 4 nitrogen and oxygen atoms in total. The quantitative estimate of drug-likeness (QED) is 0.930. The van der Waals surface area contributed by atoms with Crippen molar-refractivity contribution in [3.05, 3.63) is 46.4 Å². The molecule has 0 saturated heterocycles. The number of halogens is 1. The molecule has 1 aromatic carbocycles. The van der Waals surface area contributed by atoms with Crippen LogP contribution in [0.5, 0.6) is 11.6 Å². The largest absolute Gasteiger partial charge is 0.437 e. The van der Waals surface area contributed by atoms with Crippen molar-refractivity contribution in [3.63, 3.8) is 0 Å². The van der Waals surface area contributed by atoms with Gasteiger partial charge >= 0.3 is 0 Å². The van der Waals surface area contributed by atoms with E-state index in [-0.39, 0.29) is 0 Å². The van der Waals surface area contributed by atoms with E-state index in [1.54, 1.807) is 12.4 Å². The molecule has 0 spiro atoms. The summed E-state index contributed by atoms with van der Waals surface area (Å²) < 4.78 is 5.81. The van der Waals surface area contributed by atoms with Gasteiger partial charge in [-0.3, -0.25) is 4.98 Å². The highest BCUT2D eigenvalue weighted by atomic mass is 35.5. The van der Waals surface area contributed by atoms with Gasteiger partial charge in [-0.25, -0.2) is 4.98 Å². The Morgan fingerprint density at radius 1 is 1.30 bits per heavy atom. The summed E-state index contributed by atoms with van der Waals surface area (Å²) in [4.78, 5) is 8.34. The Kier molecular flexibility index (Phi) is 4.57. The van der Waals surface area contributed by atoms with Gasteiger partial charge in [0, 0.05) is 17.8 Å². The first-order valence-electron chi connectivity index (χ1n) is 6.50. The van der Waals surface area contributed by atoms with Crippen LogP contribution in [0.2, 0.25) is 5.02 Å². The summed E-state index contributed by atoms with van der Waals surface area (Å²) in [5.74, 6) is 1.50. The number of hydrogen-bond donors (Lipinski definition) is 1. The molecule has 2 rings (SSSR count). The normalized spacial score (nSPS) is 10.9. The van der Waals surface area contributed by atoms with Gasteiger partial charge < -0.3 is 10.5 Å². The van der Waals surface area contributed by atoms with Gasteiger partial charge in [0.05, 0.1) is 11.9 Å². The number of aryl methyl sites for hydroxylation is 1. The summed E-state index contributed by atoms with van der Waals surface area (Å²) in [6.45, 7) is 6.47. The van der Waals surface area contributed by atoms with E-state index < -0.39 is 0 Å². The molecule has 2 aromatic rings. The van der Waals surface area contributed by atoms with Crippen LogP contribution in [0.1, 0.15) is 36.6 Å². The predicted octanol–water partition coefficient (Wildman–Crippen LogP) is 3.81. The number of aromatic nitrogens is 2. The van der Waals surface area contributed by atoms with Gasteiger partial charge in [-0.15, -0.1) is 0 Å². The smallest absolute Gasteiger partial charge is 0.238 e. The first-order valence-corrected chi connectivity index (χ1v) is 6.88. The van der Waals surface area contributed by atoms with Crippen LogP contribution < -0.4 is 10.5 Å². The number of ether oxygens (including phenoxy) is 1. The third-order valence-electron chi connectivity index (χ3n) is 3.00. The third kappa shape index (κ3) is 3.26. The molecule has 0 bridgehead atoms. The number of hydrogen-bond acceptors (Lipinski definition) is 4. The summed E-state index contributed by atoms with van der Waals surface area (Å²) in [6.07, 6.45) is 3.20. The van der Waals surface area contributed by atoms with Crippen molar-refractivity contribution in [1.29, 1.82) is 0 Å². The molecule has 1 heterocycles. The zero-order chi connectivity index (χ0) is 14.7. The number of rotatable bonds is 4. The molecule has 0 radical (unpaired) electrons. The monoisotopic (exact) mass is 291 g/mol. The second kappa shape index (κ2) is 6.20. The molecule has 0 amide bonds. The van der Waals surface area contributed by atoms with Crippen molar-refractivity contribution in [2.45, 2.75) is 33.2 Å². The molecule has 0 atom stereocenters. The molecule has 5 heteroatoms. The zero-order valence-electron chi connectivity index (χ0n) is 11.9. The molecule has 0 fully saturated rings. The van der Waals surface area contributed by atoms with Crippen LogP contribution in [-0.4, -0.2) is 9.97 Å². The summed E-state index contributed by atoms with van der Waals surface area (Å²) in [5, 5.41) is 0.756. The third-order valence-corrected chi connectivity index (χ3v) is 3.33. The van der Waals surface area contributed by atoms with E-state index >= 15 is 0 Å². The summed E-state index contributed by atoms with van der Waals surface area (Å²) in [7, 11) is 0. The van der Waals surface area contributed by atoms with Crippen LogP contribution in [0, 0.1) is 6.92 Å². The lowest BCUT2D eigenvalue weighted by atomic mass is 10.0. The van der Waals surface area contributed by atoms with Gasteiger partial charge in [-0.1, -0.05) is 25.4 Å². The highest BCUT2D eigenvalue weighted by molar-refractivity contribution is 6.31. The van der Waals surface area contributed by atoms with E-state index in [9.17, 15) is 0 Å². The van der Waals surface area contributed by atoms with Crippen molar-refractivity contribution in [1.82, 2.24) is 9.97 Å². The minimum Gasteiger partial charge on any atom is -0.437 e.